The molecule has 3 atom stereocenters. The van der Waals surface area contributed by atoms with Crippen molar-refractivity contribution in [2.24, 2.45) is 11.8 Å². The molecule has 3 unspecified atom stereocenters. The van der Waals surface area contributed by atoms with Gasteiger partial charge in [0.25, 0.3) is 0 Å². The van der Waals surface area contributed by atoms with Gasteiger partial charge >= 0.3 is 0 Å². The number of anilines is 1. The summed E-state index contributed by atoms with van der Waals surface area (Å²) < 4.78 is 31.9. The summed E-state index contributed by atoms with van der Waals surface area (Å²) in [6, 6.07) is 10.8. The quantitative estimate of drug-likeness (QED) is 0.194. The zero-order chi connectivity index (χ0) is 33.4. The second-order valence-corrected chi connectivity index (χ2v) is 14.0. The molecule has 244 valence electrons. The second kappa shape index (κ2) is 11.7. The van der Waals surface area contributed by atoms with E-state index in [1.165, 1.54) is 6.33 Å². The average molecular weight is 687 g/mol. The highest BCUT2D eigenvalue weighted by molar-refractivity contribution is 6.43. The van der Waals surface area contributed by atoms with E-state index in [4.69, 9.17) is 28.2 Å². The van der Waals surface area contributed by atoms with Crippen LogP contribution in [0, 0.1) is 48.6 Å². The van der Waals surface area contributed by atoms with Crippen LogP contribution >= 0.6 is 23.2 Å². The fraction of sp³-hybridized carbons (Fsp3) is 0.361. The molecule has 1 aliphatic carbocycles. The number of nitriles is 1. The average Bonchev–Trinajstić information content (AvgIpc) is 3.77. The summed E-state index contributed by atoms with van der Waals surface area (Å²) in [6.45, 7) is 4.46. The van der Waals surface area contributed by atoms with E-state index in [1.807, 2.05) is 28.9 Å². The zero-order valence-electron chi connectivity index (χ0n) is 26.3. The van der Waals surface area contributed by atoms with E-state index in [-0.39, 0.29) is 63.9 Å². The predicted molar refractivity (Wildman–Crippen MR) is 181 cm³/mol. The van der Waals surface area contributed by atoms with E-state index < -0.39 is 11.6 Å². The molecule has 5 heterocycles. The van der Waals surface area contributed by atoms with Crippen molar-refractivity contribution in [1.29, 1.82) is 5.26 Å². The molecule has 1 saturated carbocycles. The van der Waals surface area contributed by atoms with Crippen molar-refractivity contribution in [2.75, 3.05) is 18.0 Å². The topological polar surface area (TPSA) is 102 Å². The molecule has 2 aliphatic heterocycles. The minimum atomic E-state index is -0.536. The van der Waals surface area contributed by atoms with Crippen LogP contribution < -0.4 is 4.90 Å². The fourth-order valence-corrected chi connectivity index (χ4v) is 8.22. The third-order valence-electron chi connectivity index (χ3n) is 10.2. The number of carbonyl (C=O) groups is 1. The minimum absolute atomic E-state index is 0.000431. The van der Waals surface area contributed by atoms with Crippen LogP contribution in [0.25, 0.3) is 32.9 Å². The lowest BCUT2D eigenvalue weighted by molar-refractivity contribution is -0.135. The first kappa shape index (κ1) is 31.0. The maximum atomic E-state index is 16.7. The van der Waals surface area contributed by atoms with Crippen LogP contribution in [-0.4, -0.2) is 49.9 Å². The van der Waals surface area contributed by atoms with Crippen molar-refractivity contribution in [3.05, 3.63) is 81.0 Å². The van der Waals surface area contributed by atoms with Gasteiger partial charge in [-0.25, -0.2) is 23.7 Å². The van der Waals surface area contributed by atoms with E-state index in [1.54, 1.807) is 25.1 Å². The number of benzene rings is 2. The summed E-state index contributed by atoms with van der Waals surface area (Å²) in [7, 11) is 0. The number of hydrogen-bond donors (Lipinski definition) is 1. The molecule has 5 aromatic rings. The third-order valence-corrected chi connectivity index (χ3v) is 11.0. The lowest BCUT2D eigenvalue weighted by Gasteiger charge is -2.33. The Morgan fingerprint density at radius 2 is 1.90 bits per heavy atom. The summed E-state index contributed by atoms with van der Waals surface area (Å²) in [5, 5.41) is 11.4. The van der Waals surface area contributed by atoms with Crippen LogP contribution in [0.4, 0.5) is 14.6 Å². The Morgan fingerprint density at radius 3 is 2.67 bits per heavy atom. The lowest BCUT2D eigenvalue weighted by atomic mass is 9.92. The highest BCUT2D eigenvalue weighted by Gasteiger charge is 2.52. The van der Waals surface area contributed by atoms with Crippen LogP contribution in [0.15, 0.2) is 36.7 Å². The first-order chi connectivity index (χ1) is 23.2. The van der Waals surface area contributed by atoms with Crippen molar-refractivity contribution in [3.63, 3.8) is 0 Å². The first-order valence-electron chi connectivity index (χ1n) is 16.2. The number of halogens is 4. The van der Waals surface area contributed by atoms with Crippen LogP contribution in [0.2, 0.25) is 10.0 Å². The Kier molecular flexibility index (Phi) is 7.53. The van der Waals surface area contributed by atoms with Gasteiger partial charge in [-0.15, -0.1) is 0 Å². The number of pyridine rings is 1. The number of likely N-dealkylation sites (tertiary alicyclic amines) is 1. The van der Waals surface area contributed by atoms with Crippen molar-refractivity contribution in [2.45, 2.75) is 58.0 Å². The molecule has 8 rings (SSSR count). The number of hydrogen-bond acceptors (Lipinski definition) is 6. The highest BCUT2D eigenvalue weighted by Crippen LogP contribution is 2.49. The van der Waals surface area contributed by atoms with Crippen molar-refractivity contribution >= 4 is 56.7 Å². The van der Waals surface area contributed by atoms with E-state index in [0.717, 1.165) is 30.3 Å². The fourth-order valence-electron chi connectivity index (χ4n) is 7.82. The van der Waals surface area contributed by atoms with E-state index in [2.05, 4.69) is 21.0 Å². The van der Waals surface area contributed by atoms with Gasteiger partial charge in [0, 0.05) is 64.6 Å². The maximum absolute atomic E-state index is 16.7. The number of piperidine rings is 1. The molecule has 2 aromatic carbocycles. The lowest BCUT2D eigenvalue weighted by Crippen LogP contribution is -2.45. The highest BCUT2D eigenvalue weighted by atomic mass is 35.5. The Bertz CT molecular complexity index is 2190. The Labute approximate surface area is 285 Å². The zero-order valence-corrected chi connectivity index (χ0v) is 27.8. The number of amides is 1. The van der Waals surface area contributed by atoms with Gasteiger partial charge in [0.2, 0.25) is 5.91 Å². The van der Waals surface area contributed by atoms with Crippen molar-refractivity contribution in [1.82, 2.24) is 24.8 Å². The van der Waals surface area contributed by atoms with Crippen molar-refractivity contribution < 1.29 is 13.6 Å². The maximum Gasteiger partial charge on any atom is 0.226 e. The third kappa shape index (κ3) is 4.89. The molecule has 2 saturated heterocycles. The molecular weight excluding hydrogens is 655 g/mol. The Morgan fingerprint density at radius 1 is 1.08 bits per heavy atom. The number of rotatable bonds is 6. The molecule has 12 heteroatoms. The summed E-state index contributed by atoms with van der Waals surface area (Å²) in [5.74, 6) is -0.586. The summed E-state index contributed by atoms with van der Waals surface area (Å²) in [6.07, 6.45) is 4.38. The van der Waals surface area contributed by atoms with Crippen LogP contribution in [0.5, 0.6) is 0 Å². The van der Waals surface area contributed by atoms with Crippen LogP contribution in [0.3, 0.4) is 0 Å². The SMILES string of the molecule is Cc1ncnc(N2CC3CC(C2)N(C(=O)C2CC2)C3c2cc3c(C)nc4c(F)c(-c5cccc(Cl)c5Cl)c(CCC#N)cc4c3[nH]2)c1F. The van der Waals surface area contributed by atoms with E-state index in [9.17, 15) is 10.1 Å². The molecule has 8 nitrogen and oxygen atoms in total. The monoisotopic (exact) mass is 685 g/mol. The molecular formula is C36H31Cl2F2N7O. The largest absolute Gasteiger partial charge is 0.356 e. The molecule has 48 heavy (non-hydrogen) atoms. The summed E-state index contributed by atoms with van der Waals surface area (Å²) >= 11 is 12.9. The van der Waals surface area contributed by atoms with Gasteiger partial charge in [-0.1, -0.05) is 35.3 Å². The minimum Gasteiger partial charge on any atom is -0.356 e. The molecule has 0 spiro atoms. The smallest absolute Gasteiger partial charge is 0.226 e. The number of aromatic amines is 1. The standard InChI is InChI=1S/C36H31Cl2F2N7O/c1-17-24-13-27(34-21-11-22(47(34)36(48)19-8-9-19)15-46(14-21)35-30(39)18(2)42-16-43-35)45-32(24)25-12-20(5-4-10-41)28(31(40)33(25)44-17)23-6-3-7-26(37)29(23)38/h3,6-7,12-13,16,19,21-22,34,45H,4-5,8-9,11,14-15H2,1-2H3. The van der Waals surface area contributed by atoms with Crippen LogP contribution in [-0.2, 0) is 11.2 Å². The second-order valence-electron chi connectivity index (χ2n) is 13.2. The number of carbonyl (C=O) groups excluding carboxylic acids is 1. The molecule has 3 fully saturated rings. The molecule has 3 aliphatic rings. The molecule has 1 amide bonds. The first-order valence-corrected chi connectivity index (χ1v) is 16.9. The van der Waals surface area contributed by atoms with Gasteiger partial charge < -0.3 is 14.8 Å². The van der Waals surface area contributed by atoms with Gasteiger partial charge in [0.1, 0.15) is 11.8 Å². The number of nitrogens with zero attached hydrogens (tertiary/aromatic N) is 6. The molecule has 0 radical (unpaired) electrons. The Hall–Kier alpha value is -4.33. The van der Waals surface area contributed by atoms with Gasteiger partial charge in [-0.2, -0.15) is 5.26 Å². The number of H-pyrrole nitrogens is 1. The summed E-state index contributed by atoms with van der Waals surface area (Å²) in [4.78, 5) is 34.5. The summed E-state index contributed by atoms with van der Waals surface area (Å²) in [5.41, 5.74) is 3.98. The predicted octanol–water partition coefficient (Wildman–Crippen LogP) is 8.02. The number of aryl methyl sites for hydroxylation is 3. The van der Waals surface area contributed by atoms with Gasteiger partial charge in [-0.3, -0.25) is 4.79 Å². The van der Waals surface area contributed by atoms with Gasteiger partial charge in [0.05, 0.1) is 39.4 Å². The van der Waals surface area contributed by atoms with E-state index in [0.29, 0.717) is 52.3 Å². The Balaban J connectivity index is 1.28. The number of fused-ring (bicyclic) bond motifs is 5. The molecule has 1 N–H and O–H groups in total. The van der Waals surface area contributed by atoms with E-state index >= 15 is 8.78 Å². The number of aromatic nitrogens is 4. The normalized spacial score (nSPS) is 20.6. The van der Waals surface area contributed by atoms with Gasteiger partial charge in [-0.05, 0) is 63.3 Å². The van der Waals surface area contributed by atoms with Crippen molar-refractivity contribution in [3.8, 4) is 17.2 Å². The molecule has 3 aromatic heterocycles. The molecule has 2 bridgehead atoms. The van der Waals surface area contributed by atoms with Gasteiger partial charge in [0.15, 0.2) is 17.5 Å². The van der Waals surface area contributed by atoms with Crippen LogP contribution in [0.1, 0.15) is 54.4 Å². The number of nitrogens with one attached hydrogen (secondary N) is 1.